The number of hydrogen-bond donors (Lipinski definition) is 0. The second-order valence-corrected chi connectivity index (χ2v) is 4.18. The average Bonchev–Trinajstić information content (AvgIpc) is 1.87. The van der Waals surface area contributed by atoms with E-state index in [1.807, 2.05) is 6.92 Å². The van der Waals surface area contributed by atoms with Crippen LogP contribution in [0.1, 0.15) is 20.8 Å². The molecule has 0 fully saturated rings. The first-order chi connectivity index (χ1) is 5.07. The van der Waals surface area contributed by atoms with Crippen molar-refractivity contribution in [1.29, 1.82) is 0 Å². The first-order valence-corrected chi connectivity index (χ1v) is 4.67. The molecule has 2 atom stereocenters. The predicted molar refractivity (Wildman–Crippen MR) is 50.8 cm³/mol. The molecule has 0 N–H and O–H groups in total. The molecule has 0 aromatic rings. The summed E-state index contributed by atoms with van der Waals surface area (Å²) in [5.41, 5.74) is 0. The Kier molecular flexibility index (Phi) is 5.45. The molecule has 0 heterocycles. The molecule has 1 nitrogen and oxygen atoms in total. The van der Waals surface area contributed by atoms with E-state index in [4.69, 9.17) is 11.6 Å². The predicted octanol–water partition coefficient (Wildman–Crippen LogP) is 2.29. The largest absolute Gasteiger partial charge is 0.280 e. The zero-order valence-electron chi connectivity index (χ0n) is 6.85. The van der Waals surface area contributed by atoms with Crippen LogP contribution in [0, 0.1) is 11.8 Å². The van der Waals surface area contributed by atoms with Gasteiger partial charge in [-0.2, -0.15) is 0 Å². The van der Waals surface area contributed by atoms with Crippen LogP contribution in [0.5, 0.6) is 0 Å². The number of carbonyl (C=O) groups is 1. The van der Waals surface area contributed by atoms with Crippen molar-refractivity contribution in [2.24, 2.45) is 0 Å². The van der Waals surface area contributed by atoms with Crippen molar-refractivity contribution in [2.75, 3.05) is 0 Å². The van der Waals surface area contributed by atoms with Crippen LogP contribution in [-0.2, 0) is 4.79 Å². The fourth-order valence-corrected chi connectivity index (χ4v) is 1.66. The smallest absolute Gasteiger partial charge is 0.234 e. The summed E-state index contributed by atoms with van der Waals surface area (Å²) in [6.45, 7) is 5.52. The summed E-state index contributed by atoms with van der Waals surface area (Å²) in [4.78, 5) is 10.6. The summed E-state index contributed by atoms with van der Waals surface area (Å²) >= 11 is 6.74. The molecule has 2 unspecified atom stereocenters. The number of thioether (sulfide) groups is 1. The fraction of sp³-hybridized carbons (Fsp3) is 0.625. The van der Waals surface area contributed by atoms with Gasteiger partial charge < -0.3 is 0 Å². The zero-order chi connectivity index (χ0) is 8.85. The van der Waals surface area contributed by atoms with Crippen molar-refractivity contribution in [2.45, 2.75) is 31.3 Å². The van der Waals surface area contributed by atoms with E-state index in [-0.39, 0.29) is 15.7 Å². The topological polar surface area (TPSA) is 17.1 Å². The third-order valence-electron chi connectivity index (χ3n) is 1.08. The van der Waals surface area contributed by atoms with E-state index < -0.39 is 0 Å². The summed E-state index contributed by atoms with van der Waals surface area (Å²) in [7, 11) is 0. The number of carbonyl (C=O) groups excluding carboxylic acids is 1. The molecule has 0 aromatic heterocycles. The maximum absolute atomic E-state index is 10.6. The van der Waals surface area contributed by atoms with Gasteiger partial charge in [-0.3, -0.25) is 4.79 Å². The minimum absolute atomic E-state index is 0.160. The molecule has 0 aromatic carbocycles. The highest BCUT2D eigenvalue weighted by Gasteiger charge is 2.12. The van der Waals surface area contributed by atoms with Gasteiger partial charge in [0.15, 0.2) is 0 Å². The molecule has 62 valence electrons. The highest BCUT2D eigenvalue weighted by molar-refractivity contribution is 8.01. The van der Waals surface area contributed by atoms with E-state index in [2.05, 4.69) is 11.8 Å². The van der Waals surface area contributed by atoms with Crippen molar-refractivity contribution in [3.63, 3.8) is 0 Å². The minimum Gasteiger partial charge on any atom is -0.280 e. The van der Waals surface area contributed by atoms with Crippen LogP contribution in [0.4, 0.5) is 0 Å². The Morgan fingerprint density at radius 3 is 2.45 bits per heavy atom. The molecule has 0 rings (SSSR count). The van der Waals surface area contributed by atoms with Gasteiger partial charge in [0, 0.05) is 0 Å². The number of halogens is 1. The van der Waals surface area contributed by atoms with Crippen LogP contribution in [0.2, 0.25) is 0 Å². The number of hydrogen-bond acceptors (Lipinski definition) is 2. The van der Waals surface area contributed by atoms with Crippen molar-refractivity contribution in [3.8, 4) is 11.8 Å². The monoisotopic (exact) mass is 190 g/mol. The SMILES string of the molecule is CC#CC(C)SC(C)C(=O)Cl. The second kappa shape index (κ2) is 5.51. The molecule has 0 spiro atoms. The molecule has 0 radical (unpaired) electrons. The maximum Gasteiger partial charge on any atom is 0.234 e. The van der Waals surface area contributed by atoms with Crippen molar-refractivity contribution >= 4 is 28.6 Å². The van der Waals surface area contributed by atoms with Crippen molar-refractivity contribution in [1.82, 2.24) is 0 Å². The maximum atomic E-state index is 10.6. The Labute approximate surface area is 76.9 Å². The molecule has 0 bridgehead atoms. The quantitative estimate of drug-likeness (QED) is 0.502. The van der Waals surface area contributed by atoms with Crippen molar-refractivity contribution < 1.29 is 4.79 Å². The normalized spacial score (nSPS) is 14.5. The zero-order valence-corrected chi connectivity index (χ0v) is 8.42. The summed E-state index contributed by atoms with van der Waals surface area (Å²) in [5.74, 6) is 5.72. The minimum atomic E-state index is -0.306. The lowest BCUT2D eigenvalue weighted by Gasteiger charge is -2.07. The highest BCUT2D eigenvalue weighted by Crippen LogP contribution is 2.18. The molecule has 0 saturated carbocycles. The lowest BCUT2D eigenvalue weighted by atomic mass is 10.5. The van der Waals surface area contributed by atoms with Crippen LogP contribution in [0.15, 0.2) is 0 Å². The van der Waals surface area contributed by atoms with Gasteiger partial charge in [-0.15, -0.1) is 17.7 Å². The van der Waals surface area contributed by atoms with Crippen LogP contribution in [-0.4, -0.2) is 15.7 Å². The Morgan fingerprint density at radius 2 is 2.09 bits per heavy atom. The molecular weight excluding hydrogens is 180 g/mol. The molecule has 0 aliphatic heterocycles. The van der Waals surface area contributed by atoms with Gasteiger partial charge in [-0.1, -0.05) is 5.92 Å². The summed E-state index contributed by atoms with van der Waals surface area (Å²) in [5, 5.41) is -0.287. The second-order valence-electron chi connectivity index (χ2n) is 2.12. The molecule has 3 heteroatoms. The van der Waals surface area contributed by atoms with Gasteiger partial charge in [-0.25, -0.2) is 0 Å². The third kappa shape index (κ3) is 5.17. The summed E-state index contributed by atoms with van der Waals surface area (Å²) in [6.07, 6.45) is 0. The van der Waals surface area contributed by atoms with Gasteiger partial charge in [0.25, 0.3) is 0 Å². The van der Waals surface area contributed by atoms with E-state index in [0.29, 0.717) is 0 Å². The summed E-state index contributed by atoms with van der Waals surface area (Å²) in [6, 6.07) is 0. The van der Waals surface area contributed by atoms with E-state index >= 15 is 0 Å². The van der Waals surface area contributed by atoms with E-state index in [1.54, 1.807) is 13.8 Å². The van der Waals surface area contributed by atoms with Gasteiger partial charge in [0.1, 0.15) is 0 Å². The lowest BCUT2D eigenvalue weighted by Crippen LogP contribution is -2.09. The van der Waals surface area contributed by atoms with E-state index in [1.165, 1.54) is 11.8 Å². The molecule has 0 aliphatic carbocycles. The molecule has 0 saturated heterocycles. The number of rotatable bonds is 3. The van der Waals surface area contributed by atoms with Crippen molar-refractivity contribution in [3.05, 3.63) is 0 Å². The fourth-order valence-electron chi connectivity index (χ4n) is 0.597. The summed E-state index contributed by atoms with van der Waals surface area (Å²) < 4.78 is 0. The highest BCUT2D eigenvalue weighted by atomic mass is 35.5. The lowest BCUT2D eigenvalue weighted by molar-refractivity contribution is -0.111. The van der Waals surface area contributed by atoms with Crippen LogP contribution in [0.25, 0.3) is 0 Å². The Balaban J connectivity index is 3.81. The Morgan fingerprint density at radius 1 is 1.55 bits per heavy atom. The first kappa shape index (κ1) is 10.9. The van der Waals surface area contributed by atoms with Gasteiger partial charge in [0.05, 0.1) is 10.5 Å². The van der Waals surface area contributed by atoms with Crippen LogP contribution >= 0.6 is 23.4 Å². The molecule has 0 aliphatic rings. The van der Waals surface area contributed by atoms with E-state index in [0.717, 1.165) is 0 Å². The van der Waals surface area contributed by atoms with Gasteiger partial charge in [0.2, 0.25) is 5.24 Å². The standard InChI is InChI=1S/C8H11ClOS/c1-4-5-6(2)11-7(3)8(9)10/h6-7H,1-3H3. The molecule has 0 amide bonds. The van der Waals surface area contributed by atoms with Gasteiger partial charge in [-0.05, 0) is 32.4 Å². The molecular formula is C8H11ClOS. The van der Waals surface area contributed by atoms with Gasteiger partial charge >= 0.3 is 0 Å². The average molecular weight is 191 g/mol. The Bertz CT molecular complexity index is 192. The third-order valence-corrected chi connectivity index (χ3v) is 2.68. The molecule has 11 heavy (non-hydrogen) atoms. The first-order valence-electron chi connectivity index (χ1n) is 3.35. The van der Waals surface area contributed by atoms with Crippen LogP contribution < -0.4 is 0 Å². The van der Waals surface area contributed by atoms with E-state index in [9.17, 15) is 4.79 Å². The van der Waals surface area contributed by atoms with Crippen LogP contribution in [0.3, 0.4) is 0 Å². The Hall–Kier alpha value is -0.130.